The Morgan fingerprint density at radius 1 is 1.50 bits per heavy atom. The largest absolute Gasteiger partial charge is 0.467 e. The Bertz CT molecular complexity index is 405. The summed E-state index contributed by atoms with van der Waals surface area (Å²) in [7, 11) is 1.79. The average Bonchev–Trinajstić information content (AvgIpc) is 2.84. The number of furan rings is 1. The van der Waals surface area contributed by atoms with Crippen LogP contribution in [0.1, 0.15) is 31.4 Å². The Morgan fingerprint density at radius 3 is 3.05 bits per heavy atom. The zero-order valence-corrected chi connectivity index (χ0v) is 12.1. The van der Waals surface area contributed by atoms with Gasteiger partial charge in [0.1, 0.15) is 5.76 Å². The van der Waals surface area contributed by atoms with Crippen molar-refractivity contribution in [2.75, 3.05) is 26.7 Å². The van der Waals surface area contributed by atoms with Crippen molar-refractivity contribution in [1.29, 1.82) is 0 Å². The molecule has 1 aliphatic rings. The zero-order valence-electron chi connectivity index (χ0n) is 12.1. The fourth-order valence-corrected chi connectivity index (χ4v) is 2.67. The third-order valence-corrected chi connectivity index (χ3v) is 3.95. The SMILES string of the molecule is CN(Cc1ccco1)C(=O)CN1CCCCCC1CO. The molecule has 1 aliphatic heterocycles. The molecule has 0 bridgehead atoms. The van der Waals surface area contributed by atoms with Crippen LogP contribution >= 0.6 is 0 Å². The first kappa shape index (κ1) is 15.1. The summed E-state index contributed by atoms with van der Waals surface area (Å²) >= 11 is 0. The first-order valence-electron chi connectivity index (χ1n) is 7.32. The fourth-order valence-electron chi connectivity index (χ4n) is 2.67. The van der Waals surface area contributed by atoms with Crippen LogP contribution in [0.4, 0.5) is 0 Å². The lowest BCUT2D eigenvalue weighted by Gasteiger charge is -2.29. The van der Waals surface area contributed by atoms with E-state index in [0.29, 0.717) is 13.1 Å². The molecule has 20 heavy (non-hydrogen) atoms. The van der Waals surface area contributed by atoms with E-state index in [1.807, 2.05) is 12.1 Å². The molecule has 0 aliphatic carbocycles. The summed E-state index contributed by atoms with van der Waals surface area (Å²) in [4.78, 5) is 16.1. The maximum Gasteiger partial charge on any atom is 0.236 e. The van der Waals surface area contributed by atoms with Crippen LogP contribution in [-0.4, -0.2) is 53.6 Å². The van der Waals surface area contributed by atoms with Crippen molar-refractivity contribution in [3.8, 4) is 0 Å². The standard InChI is InChI=1S/C15H24N2O3/c1-16(10-14-7-5-9-20-14)15(19)11-17-8-4-2-3-6-13(17)12-18/h5,7,9,13,18H,2-4,6,8,10-12H2,1H3. The summed E-state index contributed by atoms with van der Waals surface area (Å²) in [6.45, 7) is 1.90. The number of nitrogens with zero attached hydrogens (tertiary/aromatic N) is 2. The van der Waals surface area contributed by atoms with Crippen molar-refractivity contribution in [2.45, 2.75) is 38.3 Å². The van der Waals surface area contributed by atoms with E-state index in [1.165, 1.54) is 6.42 Å². The number of amides is 1. The molecule has 1 saturated heterocycles. The zero-order chi connectivity index (χ0) is 14.4. The van der Waals surface area contributed by atoms with Crippen LogP contribution in [0, 0.1) is 0 Å². The third-order valence-electron chi connectivity index (χ3n) is 3.95. The van der Waals surface area contributed by atoms with Gasteiger partial charge in [-0.2, -0.15) is 0 Å². The summed E-state index contributed by atoms with van der Waals surface area (Å²) in [6, 6.07) is 3.81. The molecule has 5 heteroatoms. The Morgan fingerprint density at radius 2 is 2.35 bits per heavy atom. The number of aliphatic hydroxyl groups excluding tert-OH is 1. The highest BCUT2D eigenvalue weighted by atomic mass is 16.3. The van der Waals surface area contributed by atoms with Gasteiger partial charge < -0.3 is 14.4 Å². The minimum atomic E-state index is 0.0711. The second-order valence-electron chi connectivity index (χ2n) is 5.49. The molecule has 1 fully saturated rings. The lowest BCUT2D eigenvalue weighted by atomic mass is 10.1. The average molecular weight is 280 g/mol. The van der Waals surface area contributed by atoms with Crippen molar-refractivity contribution in [3.63, 3.8) is 0 Å². The summed E-state index contributed by atoms with van der Waals surface area (Å²) in [5.74, 6) is 0.858. The minimum absolute atomic E-state index is 0.0711. The maximum absolute atomic E-state index is 12.3. The normalized spacial score (nSPS) is 20.6. The fraction of sp³-hybridized carbons (Fsp3) is 0.667. The van der Waals surface area contributed by atoms with E-state index in [4.69, 9.17) is 4.42 Å². The van der Waals surface area contributed by atoms with Gasteiger partial charge in [-0.3, -0.25) is 9.69 Å². The second-order valence-corrected chi connectivity index (χ2v) is 5.49. The second kappa shape index (κ2) is 7.45. The lowest BCUT2D eigenvalue weighted by molar-refractivity contribution is -0.132. The van der Waals surface area contributed by atoms with Crippen LogP contribution in [-0.2, 0) is 11.3 Å². The van der Waals surface area contributed by atoms with Crippen molar-refractivity contribution < 1.29 is 14.3 Å². The smallest absolute Gasteiger partial charge is 0.236 e. The molecule has 2 heterocycles. The lowest BCUT2D eigenvalue weighted by Crippen LogP contribution is -2.44. The maximum atomic E-state index is 12.3. The highest BCUT2D eigenvalue weighted by Crippen LogP contribution is 2.16. The number of likely N-dealkylation sites (N-methyl/N-ethyl adjacent to an activating group) is 1. The van der Waals surface area contributed by atoms with Gasteiger partial charge in [0, 0.05) is 13.1 Å². The predicted octanol–water partition coefficient (Wildman–Crippen LogP) is 1.47. The van der Waals surface area contributed by atoms with E-state index in [2.05, 4.69) is 4.90 Å². The molecular formula is C15H24N2O3. The van der Waals surface area contributed by atoms with Crippen LogP contribution < -0.4 is 0 Å². The van der Waals surface area contributed by atoms with Crippen LogP contribution in [0.15, 0.2) is 22.8 Å². The first-order chi connectivity index (χ1) is 9.70. The number of carbonyl (C=O) groups excluding carboxylic acids is 1. The molecule has 5 nitrogen and oxygen atoms in total. The molecule has 1 aromatic rings. The number of likely N-dealkylation sites (tertiary alicyclic amines) is 1. The molecule has 0 saturated carbocycles. The predicted molar refractivity (Wildman–Crippen MR) is 76.1 cm³/mol. The minimum Gasteiger partial charge on any atom is -0.467 e. The number of aliphatic hydroxyl groups is 1. The molecule has 2 rings (SSSR count). The molecule has 112 valence electrons. The topological polar surface area (TPSA) is 56.9 Å². The van der Waals surface area contributed by atoms with Gasteiger partial charge >= 0.3 is 0 Å². The van der Waals surface area contributed by atoms with Gasteiger partial charge in [-0.15, -0.1) is 0 Å². The van der Waals surface area contributed by atoms with E-state index in [-0.39, 0.29) is 18.6 Å². The van der Waals surface area contributed by atoms with Crippen LogP contribution in [0.3, 0.4) is 0 Å². The van der Waals surface area contributed by atoms with E-state index in [0.717, 1.165) is 31.6 Å². The van der Waals surface area contributed by atoms with Crippen molar-refractivity contribution in [3.05, 3.63) is 24.2 Å². The van der Waals surface area contributed by atoms with Gasteiger partial charge in [0.05, 0.1) is 26.0 Å². The van der Waals surface area contributed by atoms with Crippen molar-refractivity contribution in [2.24, 2.45) is 0 Å². The van der Waals surface area contributed by atoms with Gasteiger partial charge in [-0.25, -0.2) is 0 Å². The summed E-state index contributed by atoms with van der Waals surface area (Å²) in [5, 5.41) is 9.46. The van der Waals surface area contributed by atoms with Gasteiger partial charge in [-0.1, -0.05) is 12.8 Å². The molecule has 0 radical (unpaired) electrons. The third kappa shape index (κ3) is 4.08. The van der Waals surface area contributed by atoms with Crippen LogP contribution in [0.5, 0.6) is 0 Å². The molecule has 0 spiro atoms. The van der Waals surface area contributed by atoms with E-state index < -0.39 is 0 Å². The van der Waals surface area contributed by atoms with Gasteiger partial charge in [-0.05, 0) is 31.5 Å². The van der Waals surface area contributed by atoms with Gasteiger partial charge in [0.25, 0.3) is 0 Å². The summed E-state index contributed by atoms with van der Waals surface area (Å²) < 4.78 is 5.26. The molecule has 0 aromatic carbocycles. The molecule has 1 N–H and O–H groups in total. The van der Waals surface area contributed by atoms with Crippen molar-refractivity contribution in [1.82, 2.24) is 9.80 Å². The summed E-state index contributed by atoms with van der Waals surface area (Å²) in [6.07, 6.45) is 6.02. The van der Waals surface area contributed by atoms with Gasteiger partial charge in [0.15, 0.2) is 0 Å². The number of hydrogen-bond donors (Lipinski definition) is 1. The quantitative estimate of drug-likeness (QED) is 0.887. The number of carbonyl (C=O) groups is 1. The number of hydrogen-bond acceptors (Lipinski definition) is 4. The van der Waals surface area contributed by atoms with Crippen LogP contribution in [0.25, 0.3) is 0 Å². The molecule has 1 aromatic heterocycles. The first-order valence-corrected chi connectivity index (χ1v) is 7.32. The van der Waals surface area contributed by atoms with Crippen molar-refractivity contribution >= 4 is 5.91 Å². The van der Waals surface area contributed by atoms with E-state index in [9.17, 15) is 9.90 Å². The Balaban J connectivity index is 1.88. The van der Waals surface area contributed by atoms with E-state index in [1.54, 1.807) is 18.2 Å². The molecular weight excluding hydrogens is 256 g/mol. The monoisotopic (exact) mass is 280 g/mol. The highest BCUT2D eigenvalue weighted by Gasteiger charge is 2.23. The van der Waals surface area contributed by atoms with Crippen LogP contribution in [0.2, 0.25) is 0 Å². The molecule has 1 atom stereocenters. The molecule has 1 amide bonds. The Hall–Kier alpha value is -1.33. The summed E-state index contributed by atoms with van der Waals surface area (Å²) in [5.41, 5.74) is 0. The van der Waals surface area contributed by atoms with Gasteiger partial charge in [0.2, 0.25) is 5.91 Å². The Kier molecular flexibility index (Phi) is 5.61. The molecule has 1 unspecified atom stereocenters. The van der Waals surface area contributed by atoms with E-state index >= 15 is 0 Å². The Labute approximate surface area is 120 Å². The highest BCUT2D eigenvalue weighted by molar-refractivity contribution is 5.78. The number of rotatable bonds is 5.